The fourth-order valence-corrected chi connectivity index (χ4v) is 3.75. The van der Waals surface area contributed by atoms with E-state index in [-0.39, 0.29) is 0 Å². The molecule has 0 aliphatic carbocycles. The summed E-state index contributed by atoms with van der Waals surface area (Å²) in [7, 11) is 0. The standard InChI is InChI=1S/C19H27N5O/c1-8-23(13-16-2-6-20-7-3-16)14-19-18(22-15-24(19)9-1)12-21-17-4-10-25-11-5-17/h2-3,6-7,15,17,21H,1,4-5,8-14H2. The second-order valence-electron chi connectivity index (χ2n) is 7.02. The summed E-state index contributed by atoms with van der Waals surface area (Å²) in [5.74, 6) is 0. The summed E-state index contributed by atoms with van der Waals surface area (Å²) in [4.78, 5) is 11.3. The van der Waals surface area contributed by atoms with Gasteiger partial charge in [-0.05, 0) is 37.0 Å². The molecule has 6 heteroatoms. The monoisotopic (exact) mass is 341 g/mol. The zero-order valence-electron chi connectivity index (χ0n) is 14.7. The van der Waals surface area contributed by atoms with Crippen molar-refractivity contribution in [3.63, 3.8) is 0 Å². The first-order valence-corrected chi connectivity index (χ1v) is 9.34. The van der Waals surface area contributed by atoms with Gasteiger partial charge in [0.25, 0.3) is 0 Å². The summed E-state index contributed by atoms with van der Waals surface area (Å²) in [6, 6.07) is 4.77. The average molecular weight is 341 g/mol. The minimum absolute atomic E-state index is 0.560. The summed E-state index contributed by atoms with van der Waals surface area (Å²) in [6.45, 7) is 6.73. The third-order valence-corrected chi connectivity index (χ3v) is 5.21. The molecular formula is C19H27N5O. The molecule has 2 aromatic heterocycles. The van der Waals surface area contributed by atoms with Crippen LogP contribution in [0.15, 0.2) is 30.9 Å². The van der Waals surface area contributed by atoms with Crippen LogP contribution in [0, 0.1) is 0 Å². The topological polar surface area (TPSA) is 55.2 Å². The Labute approximate surface area is 149 Å². The van der Waals surface area contributed by atoms with Crippen molar-refractivity contribution in [1.29, 1.82) is 0 Å². The van der Waals surface area contributed by atoms with E-state index in [0.717, 1.165) is 58.8 Å². The predicted molar refractivity (Wildman–Crippen MR) is 95.9 cm³/mol. The van der Waals surface area contributed by atoms with Crippen molar-refractivity contribution in [3.8, 4) is 0 Å². The Kier molecular flexibility index (Phi) is 5.40. The normalized spacial score (nSPS) is 19.5. The molecule has 0 unspecified atom stereocenters. The fraction of sp³-hybridized carbons (Fsp3) is 0.579. The van der Waals surface area contributed by atoms with Crippen LogP contribution >= 0.6 is 0 Å². The lowest BCUT2D eigenvalue weighted by molar-refractivity contribution is 0.0775. The van der Waals surface area contributed by atoms with Crippen LogP contribution in [-0.2, 0) is 30.9 Å². The van der Waals surface area contributed by atoms with Gasteiger partial charge in [-0.3, -0.25) is 9.88 Å². The average Bonchev–Trinajstić information content (AvgIpc) is 2.92. The highest BCUT2D eigenvalue weighted by atomic mass is 16.5. The van der Waals surface area contributed by atoms with Crippen molar-refractivity contribution in [1.82, 2.24) is 24.8 Å². The summed E-state index contributed by atoms with van der Waals surface area (Å²) < 4.78 is 7.78. The smallest absolute Gasteiger partial charge is 0.0952 e. The Balaban J connectivity index is 1.41. The molecule has 1 N–H and O–H groups in total. The molecule has 0 bridgehead atoms. The Hall–Kier alpha value is -1.76. The van der Waals surface area contributed by atoms with Gasteiger partial charge in [0.1, 0.15) is 0 Å². The van der Waals surface area contributed by atoms with Crippen LogP contribution in [0.25, 0.3) is 0 Å². The second kappa shape index (κ2) is 8.08. The zero-order chi connectivity index (χ0) is 16.9. The van der Waals surface area contributed by atoms with E-state index in [9.17, 15) is 0 Å². The summed E-state index contributed by atoms with van der Waals surface area (Å²) in [5, 5.41) is 3.68. The predicted octanol–water partition coefficient (Wildman–Crippen LogP) is 1.95. The zero-order valence-corrected chi connectivity index (χ0v) is 14.7. The molecule has 4 rings (SSSR count). The highest BCUT2D eigenvalue weighted by molar-refractivity contribution is 5.16. The molecule has 0 atom stereocenters. The van der Waals surface area contributed by atoms with Gasteiger partial charge in [-0.1, -0.05) is 0 Å². The van der Waals surface area contributed by atoms with Gasteiger partial charge in [0.05, 0.1) is 17.7 Å². The van der Waals surface area contributed by atoms with E-state index >= 15 is 0 Å². The van der Waals surface area contributed by atoms with Crippen LogP contribution in [0.1, 0.15) is 36.2 Å². The number of ether oxygens (including phenoxy) is 1. The van der Waals surface area contributed by atoms with Crippen LogP contribution in [-0.4, -0.2) is 45.2 Å². The molecular weight excluding hydrogens is 314 g/mol. The van der Waals surface area contributed by atoms with Crippen LogP contribution in [0.2, 0.25) is 0 Å². The molecule has 25 heavy (non-hydrogen) atoms. The van der Waals surface area contributed by atoms with Gasteiger partial charge >= 0.3 is 0 Å². The number of imidazole rings is 1. The molecule has 1 fully saturated rings. The van der Waals surface area contributed by atoms with Crippen LogP contribution in [0.4, 0.5) is 0 Å². The maximum absolute atomic E-state index is 5.44. The molecule has 2 aliphatic rings. The highest BCUT2D eigenvalue weighted by Gasteiger charge is 2.20. The summed E-state index contributed by atoms with van der Waals surface area (Å²) in [6.07, 6.45) is 9.14. The van der Waals surface area contributed by atoms with Gasteiger partial charge in [0.15, 0.2) is 0 Å². The number of nitrogens with zero attached hydrogens (tertiary/aromatic N) is 4. The number of fused-ring (bicyclic) bond motifs is 1. The molecule has 1 saturated heterocycles. The maximum atomic E-state index is 5.44. The molecule has 2 aromatic rings. The largest absolute Gasteiger partial charge is 0.381 e. The van der Waals surface area contributed by atoms with Crippen molar-refractivity contribution in [2.24, 2.45) is 0 Å². The number of aromatic nitrogens is 3. The minimum Gasteiger partial charge on any atom is -0.381 e. The number of pyridine rings is 1. The van der Waals surface area contributed by atoms with Gasteiger partial charge in [-0.2, -0.15) is 0 Å². The summed E-state index contributed by atoms with van der Waals surface area (Å²) in [5.41, 5.74) is 3.89. The van der Waals surface area contributed by atoms with Gasteiger partial charge in [0, 0.05) is 64.4 Å². The van der Waals surface area contributed by atoms with Gasteiger partial charge in [-0.15, -0.1) is 0 Å². The van der Waals surface area contributed by atoms with E-state index in [4.69, 9.17) is 9.72 Å². The maximum Gasteiger partial charge on any atom is 0.0952 e. The molecule has 6 nitrogen and oxygen atoms in total. The van der Waals surface area contributed by atoms with Gasteiger partial charge in [-0.25, -0.2) is 4.98 Å². The molecule has 2 aliphatic heterocycles. The SMILES string of the molecule is c1cc(CN2CCCn3cnc(CNC4CCOCC4)c3C2)ccn1. The van der Waals surface area contributed by atoms with Crippen molar-refractivity contribution >= 4 is 0 Å². The van der Waals surface area contributed by atoms with E-state index in [2.05, 4.69) is 31.9 Å². The molecule has 0 radical (unpaired) electrons. The Morgan fingerprint density at radius 1 is 1.16 bits per heavy atom. The Morgan fingerprint density at radius 2 is 2.00 bits per heavy atom. The number of hydrogen-bond donors (Lipinski definition) is 1. The lowest BCUT2D eigenvalue weighted by Gasteiger charge is -2.23. The first-order valence-electron chi connectivity index (χ1n) is 9.34. The second-order valence-corrected chi connectivity index (χ2v) is 7.02. The molecule has 4 heterocycles. The fourth-order valence-electron chi connectivity index (χ4n) is 3.75. The van der Waals surface area contributed by atoms with Crippen LogP contribution in [0.5, 0.6) is 0 Å². The van der Waals surface area contributed by atoms with Crippen molar-refractivity contribution in [3.05, 3.63) is 47.8 Å². The number of nitrogens with one attached hydrogen (secondary N) is 1. The number of aryl methyl sites for hydroxylation is 1. The quantitative estimate of drug-likeness (QED) is 0.901. The summed E-state index contributed by atoms with van der Waals surface area (Å²) >= 11 is 0. The van der Waals surface area contributed by atoms with E-state index < -0.39 is 0 Å². The van der Waals surface area contributed by atoms with Crippen molar-refractivity contribution < 1.29 is 4.74 Å². The van der Waals surface area contributed by atoms with Crippen LogP contribution < -0.4 is 5.32 Å². The number of hydrogen-bond acceptors (Lipinski definition) is 5. The van der Waals surface area contributed by atoms with Crippen molar-refractivity contribution in [2.45, 2.75) is 51.5 Å². The number of rotatable bonds is 5. The van der Waals surface area contributed by atoms with E-state index in [0.29, 0.717) is 6.04 Å². The Morgan fingerprint density at radius 3 is 2.84 bits per heavy atom. The van der Waals surface area contributed by atoms with Gasteiger partial charge < -0.3 is 14.6 Å². The molecule has 0 saturated carbocycles. The van der Waals surface area contributed by atoms with E-state index in [1.807, 2.05) is 18.7 Å². The molecule has 0 amide bonds. The minimum atomic E-state index is 0.560. The molecule has 134 valence electrons. The first-order chi connectivity index (χ1) is 12.4. The first kappa shape index (κ1) is 16.7. The highest BCUT2D eigenvalue weighted by Crippen LogP contribution is 2.18. The lowest BCUT2D eigenvalue weighted by atomic mass is 10.1. The third kappa shape index (κ3) is 4.26. The lowest BCUT2D eigenvalue weighted by Crippen LogP contribution is -2.34. The third-order valence-electron chi connectivity index (χ3n) is 5.21. The van der Waals surface area contributed by atoms with E-state index in [1.54, 1.807) is 0 Å². The van der Waals surface area contributed by atoms with Crippen LogP contribution in [0.3, 0.4) is 0 Å². The van der Waals surface area contributed by atoms with E-state index in [1.165, 1.54) is 23.4 Å². The molecule has 0 spiro atoms. The van der Waals surface area contributed by atoms with Crippen molar-refractivity contribution in [2.75, 3.05) is 19.8 Å². The Bertz CT molecular complexity index is 666. The van der Waals surface area contributed by atoms with Gasteiger partial charge in [0.2, 0.25) is 0 Å². The molecule has 0 aromatic carbocycles.